The third-order valence-corrected chi connectivity index (χ3v) is 3.93. The highest BCUT2D eigenvalue weighted by atomic mass is 35.5. The Balaban J connectivity index is 2.11. The third kappa shape index (κ3) is 4.98. The fraction of sp³-hybridized carbons (Fsp3) is 0.316. The number of carbonyl (C=O) groups excluding carboxylic acids is 1. The molecule has 0 saturated heterocycles. The summed E-state index contributed by atoms with van der Waals surface area (Å²) in [5.41, 5.74) is 3.80. The molecule has 0 aromatic heterocycles. The summed E-state index contributed by atoms with van der Waals surface area (Å²) >= 11 is 6.18. The lowest BCUT2D eigenvalue weighted by Gasteiger charge is -2.14. The van der Waals surface area contributed by atoms with Crippen molar-refractivity contribution in [1.29, 1.82) is 0 Å². The number of aryl methyl sites for hydroxylation is 2. The van der Waals surface area contributed by atoms with E-state index >= 15 is 0 Å². The molecule has 0 aliphatic carbocycles. The number of ether oxygens (including phenoxy) is 2. The number of nitrogens with one attached hydrogen (secondary N) is 1. The molecule has 5 heteroatoms. The van der Waals surface area contributed by atoms with Crippen LogP contribution in [0.15, 0.2) is 36.4 Å². The van der Waals surface area contributed by atoms with Crippen LogP contribution in [0.3, 0.4) is 0 Å². The van der Waals surface area contributed by atoms with Gasteiger partial charge in [0.1, 0.15) is 6.61 Å². The maximum absolute atomic E-state index is 12.4. The summed E-state index contributed by atoms with van der Waals surface area (Å²) in [5, 5.41) is 3.34. The minimum Gasteiger partial charge on any atom is -0.487 e. The van der Waals surface area contributed by atoms with E-state index in [1.54, 1.807) is 25.3 Å². The van der Waals surface area contributed by atoms with Gasteiger partial charge in [0, 0.05) is 7.11 Å². The van der Waals surface area contributed by atoms with Crippen LogP contribution in [0.5, 0.6) is 5.75 Å². The molecule has 0 bridgehead atoms. The van der Waals surface area contributed by atoms with E-state index in [0.717, 1.165) is 16.7 Å². The normalized spacial score (nSPS) is 10.5. The van der Waals surface area contributed by atoms with Crippen molar-refractivity contribution in [2.75, 3.05) is 25.6 Å². The van der Waals surface area contributed by atoms with Crippen LogP contribution >= 0.6 is 11.6 Å². The molecule has 0 saturated carbocycles. The van der Waals surface area contributed by atoms with Crippen molar-refractivity contribution < 1.29 is 14.3 Å². The summed E-state index contributed by atoms with van der Waals surface area (Å²) in [7, 11) is 1.60. The van der Waals surface area contributed by atoms with Crippen LogP contribution < -0.4 is 10.1 Å². The van der Waals surface area contributed by atoms with Gasteiger partial charge >= 0.3 is 0 Å². The smallest absolute Gasteiger partial charge is 0.228 e. The number of halogens is 1. The number of rotatable bonds is 7. The van der Waals surface area contributed by atoms with Gasteiger partial charge in [0.15, 0.2) is 5.75 Å². The molecule has 0 atom stereocenters. The first-order chi connectivity index (χ1) is 11.5. The Bertz CT molecular complexity index is 716. The van der Waals surface area contributed by atoms with Crippen LogP contribution in [-0.2, 0) is 16.0 Å². The molecule has 0 radical (unpaired) electrons. The number of methoxy groups -OCH3 is 1. The largest absolute Gasteiger partial charge is 0.487 e. The summed E-state index contributed by atoms with van der Waals surface area (Å²) in [6, 6.07) is 11.4. The maximum Gasteiger partial charge on any atom is 0.228 e. The number of anilines is 1. The predicted octanol–water partition coefficient (Wildman–Crippen LogP) is 4.16. The molecule has 4 nitrogen and oxygen atoms in total. The van der Waals surface area contributed by atoms with E-state index < -0.39 is 0 Å². The Morgan fingerprint density at radius 1 is 1.17 bits per heavy atom. The van der Waals surface area contributed by atoms with E-state index in [-0.39, 0.29) is 5.91 Å². The predicted molar refractivity (Wildman–Crippen MR) is 97.1 cm³/mol. The van der Waals surface area contributed by atoms with Crippen LogP contribution in [0.25, 0.3) is 0 Å². The standard InChI is InChI=1S/C19H22ClNO3/c1-13-7-8-14(2)15(11-13)12-18(22)21-17-6-4-5-16(20)19(17)24-10-9-23-3/h4-8,11H,9-10,12H2,1-3H3,(H,21,22). The van der Waals surface area contributed by atoms with E-state index in [4.69, 9.17) is 21.1 Å². The Morgan fingerprint density at radius 3 is 2.71 bits per heavy atom. The molecule has 2 rings (SSSR count). The van der Waals surface area contributed by atoms with Crippen molar-refractivity contribution in [3.8, 4) is 5.75 Å². The van der Waals surface area contributed by atoms with Crippen LogP contribution in [0, 0.1) is 13.8 Å². The molecule has 1 N–H and O–H groups in total. The molecule has 0 aliphatic heterocycles. The summed E-state index contributed by atoms with van der Waals surface area (Å²) < 4.78 is 10.6. The summed E-state index contributed by atoms with van der Waals surface area (Å²) in [6.07, 6.45) is 0.303. The van der Waals surface area contributed by atoms with Crippen molar-refractivity contribution in [1.82, 2.24) is 0 Å². The first-order valence-corrected chi connectivity index (χ1v) is 8.15. The van der Waals surface area contributed by atoms with Gasteiger partial charge < -0.3 is 14.8 Å². The first kappa shape index (κ1) is 18.3. The van der Waals surface area contributed by atoms with Crippen LogP contribution in [0.4, 0.5) is 5.69 Å². The Kier molecular flexibility index (Phi) is 6.64. The van der Waals surface area contributed by atoms with Crippen LogP contribution in [-0.4, -0.2) is 26.2 Å². The minimum absolute atomic E-state index is 0.109. The molecular weight excluding hydrogens is 326 g/mol. The molecular formula is C19H22ClNO3. The second-order valence-corrected chi connectivity index (χ2v) is 6.02. The van der Waals surface area contributed by atoms with Crippen molar-refractivity contribution >= 4 is 23.2 Å². The highest BCUT2D eigenvalue weighted by molar-refractivity contribution is 6.32. The molecule has 128 valence electrons. The van der Waals surface area contributed by atoms with Gasteiger partial charge in [0.2, 0.25) is 5.91 Å². The number of carbonyl (C=O) groups is 1. The summed E-state index contributed by atoms with van der Waals surface area (Å²) in [5.74, 6) is 0.355. The Labute approximate surface area is 147 Å². The van der Waals surface area contributed by atoms with E-state index in [1.807, 2.05) is 32.0 Å². The zero-order chi connectivity index (χ0) is 17.5. The Hall–Kier alpha value is -2.04. The van der Waals surface area contributed by atoms with Gasteiger partial charge in [-0.3, -0.25) is 4.79 Å². The van der Waals surface area contributed by atoms with Crippen molar-refractivity contribution in [3.05, 3.63) is 58.1 Å². The lowest BCUT2D eigenvalue weighted by Crippen LogP contribution is -2.16. The van der Waals surface area contributed by atoms with Crippen LogP contribution in [0.1, 0.15) is 16.7 Å². The average Bonchev–Trinajstić information content (AvgIpc) is 2.53. The number of amides is 1. The van der Waals surface area contributed by atoms with Gasteiger partial charge in [0.05, 0.1) is 23.7 Å². The molecule has 24 heavy (non-hydrogen) atoms. The molecule has 1 amide bonds. The number of hydrogen-bond acceptors (Lipinski definition) is 3. The van der Waals surface area contributed by atoms with Crippen LogP contribution in [0.2, 0.25) is 5.02 Å². The van der Waals surface area contributed by atoms with Gasteiger partial charge in [0.25, 0.3) is 0 Å². The topological polar surface area (TPSA) is 47.6 Å². The second-order valence-electron chi connectivity index (χ2n) is 5.61. The van der Waals surface area contributed by atoms with E-state index in [0.29, 0.717) is 36.1 Å². The van der Waals surface area contributed by atoms with Gasteiger partial charge in [-0.25, -0.2) is 0 Å². The monoisotopic (exact) mass is 347 g/mol. The van der Waals surface area contributed by atoms with Gasteiger partial charge in [-0.2, -0.15) is 0 Å². The Morgan fingerprint density at radius 2 is 1.96 bits per heavy atom. The third-order valence-electron chi connectivity index (χ3n) is 3.63. The second kappa shape index (κ2) is 8.71. The molecule has 0 fully saturated rings. The van der Waals surface area contributed by atoms with Gasteiger partial charge in [-0.05, 0) is 37.1 Å². The zero-order valence-electron chi connectivity index (χ0n) is 14.2. The molecule has 2 aromatic rings. The lowest BCUT2D eigenvalue weighted by atomic mass is 10.0. The molecule has 2 aromatic carbocycles. The molecule has 0 heterocycles. The van der Waals surface area contributed by atoms with Crippen molar-refractivity contribution in [2.45, 2.75) is 20.3 Å². The summed E-state index contributed by atoms with van der Waals surface area (Å²) in [4.78, 5) is 12.4. The minimum atomic E-state index is -0.109. The fourth-order valence-corrected chi connectivity index (χ4v) is 2.57. The van der Waals surface area contributed by atoms with E-state index in [2.05, 4.69) is 5.32 Å². The number of benzene rings is 2. The van der Waals surface area contributed by atoms with Gasteiger partial charge in [-0.15, -0.1) is 0 Å². The van der Waals surface area contributed by atoms with Gasteiger partial charge in [-0.1, -0.05) is 41.4 Å². The quantitative estimate of drug-likeness (QED) is 0.765. The first-order valence-electron chi connectivity index (χ1n) is 7.77. The maximum atomic E-state index is 12.4. The summed E-state index contributed by atoms with van der Waals surface area (Å²) in [6.45, 7) is 4.82. The average molecular weight is 348 g/mol. The fourth-order valence-electron chi connectivity index (χ4n) is 2.34. The SMILES string of the molecule is COCCOc1c(Cl)cccc1NC(=O)Cc1cc(C)ccc1C. The number of hydrogen-bond donors (Lipinski definition) is 1. The number of para-hydroxylation sites is 1. The van der Waals surface area contributed by atoms with Crippen molar-refractivity contribution in [2.24, 2.45) is 0 Å². The molecule has 0 aliphatic rings. The van der Waals surface area contributed by atoms with Crippen molar-refractivity contribution in [3.63, 3.8) is 0 Å². The highest BCUT2D eigenvalue weighted by Gasteiger charge is 2.13. The molecule has 0 unspecified atom stereocenters. The highest BCUT2D eigenvalue weighted by Crippen LogP contribution is 2.33. The lowest BCUT2D eigenvalue weighted by molar-refractivity contribution is -0.115. The molecule has 0 spiro atoms. The zero-order valence-corrected chi connectivity index (χ0v) is 14.9. The van der Waals surface area contributed by atoms with E-state index in [1.165, 1.54) is 0 Å². The van der Waals surface area contributed by atoms with E-state index in [9.17, 15) is 4.79 Å².